The van der Waals surface area contributed by atoms with E-state index in [1.165, 1.54) is 15.6 Å². The molecule has 7 nitrogen and oxygen atoms in total. The van der Waals surface area contributed by atoms with E-state index in [0.717, 1.165) is 5.56 Å². The molecule has 0 bridgehead atoms. The Morgan fingerprint density at radius 3 is 2.80 bits per heavy atom. The lowest BCUT2D eigenvalue weighted by Crippen LogP contribution is -2.42. The van der Waals surface area contributed by atoms with Gasteiger partial charge in [-0.25, -0.2) is 17.7 Å². The van der Waals surface area contributed by atoms with Gasteiger partial charge in [-0.3, -0.25) is 0 Å². The zero-order chi connectivity index (χ0) is 17.6. The molecule has 2 rings (SSSR count). The number of aliphatic hydroxyl groups is 1. The van der Waals surface area contributed by atoms with Gasteiger partial charge in [0.25, 0.3) is 0 Å². The van der Waals surface area contributed by atoms with Crippen LogP contribution in [0.15, 0.2) is 21.8 Å². The van der Waals surface area contributed by atoms with Crippen molar-refractivity contribution in [1.82, 2.24) is 14.9 Å². The normalized spacial score (nSPS) is 19.9. The number of thiophene rings is 1. The van der Waals surface area contributed by atoms with Crippen LogP contribution in [-0.4, -0.2) is 62.3 Å². The first-order chi connectivity index (χ1) is 11.3. The molecule has 10 heteroatoms. The van der Waals surface area contributed by atoms with Crippen LogP contribution in [0.25, 0.3) is 0 Å². The highest BCUT2D eigenvalue weighted by atomic mass is 127. The Morgan fingerprint density at radius 1 is 1.48 bits per heavy atom. The minimum Gasteiger partial charge on any atom is -0.383 e. The molecule has 3 N–H and O–H groups in total. The zero-order valence-electron chi connectivity index (χ0n) is 14.6. The van der Waals surface area contributed by atoms with Crippen LogP contribution >= 0.6 is 35.3 Å². The van der Waals surface area contributed by atoms with Gasteiger partial charge in [0.2, 0.25) is 10.0 Å². The van der Waals surface area contributed by atoms with Gasteiger partial charge in [0.15, 0.2) is 5.96 Å². The maximum Gasteiger partial charge on any atom is 0.214 e. The fourth-order valence-electron chi connectivity index (χ4n) is 2.48. The summed E-state index contributed by atoms with van der Waals surface area (Å²) in [6, 6.07) is 1.89. The lowest BCUT2D eigenvalue weighted by atomic mass is 10.00. The molecule has 144 valence electrons. The van der Waals surface area contributed by atoms with E-state index in [9.17, 15) is 13.5 Å². The number of guanidine groups is 1. The number of hydrogen-bond acceptors (Lipinski definition) is 5. The minimum atomic E-state index is -3.07. The van der Waals surface area contributed by atoms with Crippen LogP contribution < -0.4 is 10.6 Å². The van der Waals surface area contributed by atoms with E-state index in [4.69, 9.17) is 0 Å². The Morgan fingerprint density at radius 2 is 2.24 bits per heavy atom. The quantitative estimate of drug-likeness (QED) is 0.296. The lowest BCUT2D eigenvalue weighted by Gasteiger charge is -2.21. The van der Waals surface area contributed by atoms with Crippen molar-refractivity contribution in [1.29, 1.82) is 0 Å². The fraction of sp³-hybridized carbons (Fsp3) is 0.667. The van der Waals surface area contributed by atoms with Crippen LogP contribution in [-0.2, 0) is 15.6 Å². The monoisotopic (exact) mass is 502 g/mol. The number of nitrogens with zero attached hydrogens (tertiary/aromatic N) is 2. The van der Waals surface area contributed by atoms with E-state index < -0.39 is 15.6 Å². The molecule has 2 heterocycles. The van der Waals surface area contributed by atoms with Crippen molar-refractivity contribution in [3.05, 3.63) is 22.4 Å². The molecule has 0 spiro atoms. The summed E-state index contributed by atoms with van der Waals surface area (Å²) in [6.45, 7) is 6.09. The van der Waals surface area contributed by atoms with Crippen LogP contribution in [0.1, 0.15) is 25.8 Å². The van der Waals surface area contributed by atoms with Crippen LogP contribution in [0.2, 0.25) is 0 Å². The third kappa shape index (κ3) is 6.66. The average molecular weight is 502 g/mol. The fourth-order valence-corrected chi connectivity index (χ4v) is 4.79. The lowest BCUT2D eigenvalue weighted by molar-refractivity contribution is 0.0677. The van der Waals surface area contributed by atoms with Gasteiger partial charge < -0.3 is 15.7 Å². The Balaban J connectivity index is 0.00000312. The first-order valence-electron chi connectivity index (χ1n) is 8.10. The molecule has 0 aliphatic carbocycles. The highest BCUT2D eigenvalue weighted by Crippen LogP contribution is 2.23. The molecule has 1 saturated heterocycles. The van der Waals surface area contributed by atoms with Crippen molar-refractivity contribution in [2.75, 3.05) is 38.5 Å². The predicted molar refractivity (Wildman–Crippen MR) is 113 cm³/mol. The summed E-state index contributed by atoms with van der Waals surface area (Å²) >= 11 is 1.54. The van der Waals surface area contributed by atoms with Crippen LogP contribution in [0.3, 0.4) is 0 Å². The maximum atomic E-state index is 11.8. The van der Waals surface area contributed by atoms with Gasteiger partial charge in [0.05, 0.1) is 12.3 Å². The van der Waals surface area contributed by atoms with E-state index >= 15 is 0 Å². The molecule has 1 aromatic rings. The number of nitrogens with one attached hydrogen (secondary N) is 2. The Kier molecular flexibility index (Phi) is 9.09. The van der Waals surface area contributed by atoms with Gasteiger partial charge in [0.1, 0.15) is 5.60 Å². The van der Waals surface area contributed by atoms with Gasteiger partial charge in [-0.15, -0.1) is 24.0 Å². The largest absolute Gasteiger partial charge is 0.383 e. The summed E-state index contributed by atoms with van der Waals surface area (Å²) in [4.78, 5) is 4.42. The Bertz CT molecular complexity index is 648. The average Bonchev–Trinajstić information content (AvgIpc) is 3.15. The molecule has 0 amide bonds. The zero-order valence-corrected chi connectivity index (χ0v) is 18.5. The minimum absolute atomic E-state index is 0. The van der Waals surface area contributed by atoms with Crippen molar-refractivity contribution in [3.63, 3.8) is 0 Å². The molecule has 25 heavy (non-hydrogen) atoms. The van der Waals surface area contributed by atoms with Crippen LogP contribution in [0, 0.1) is 0 Å². The summed E-state index contributed by atoms with van der Waals surface area (Å²) in [7, 11) is -3.07. The highest BCUT2D eigenvalue weighted by molar-refractivity contribution is 14.0. The Labute approximate surface area is 171 Å². The summed E-state index contributed by atoms with van der Waals surface area (Å²) in [6.07, 6.45) is 0.694. The van der Waals surface area contributed by atoms with Crippen molar-refractivity contribution in [2.24, 2.45) is 4.99 Å². The van der Waals surface area contributed by atoms with Crippen molar-refractivity contribution >= 4 is 51.3 Å². The molecule has 0 aromatic carbocycles. The highest BCUT2D eigenvalue weighted by Gasteiger charge is 2.27. The smallest absolute Gasteiger partial charge is 0.214 e. The molecule has 1 aliphatic rings. The first kappa shape index (κ1) is 22.6. The van der Waals surface area contributed by atoms with Crippen LogP contribution in [0.5, 0.6) is 0 Å². The molecule has 0 saturated carbocycles. The van der Waals surface area contributed by atoms with E-state index in [1.807, 2.05) is 23.8 Å². The summed E-state index contributed by atoms with van der Waals surface area (Å²) in [5.74, 6) is 0.814. The first-order valence-corrected chi connectivity index (χ1v) is 10.7. The second-order valence-electron chi connectivity index (χ2n) is 5.98. The van der Waals surface area contributed by atoms with Crippen molar-refractivity contribution in [3.8, 4) is 0 Å². The SMILES string of the molecule is CCNC(=NCC(C)(O)c1ccsc1)NCCN1CCCS1(=O)=O.I. The Hall–Kier alpha value is -0.430. The predicted octanol–water partition coefficient (Wildman–Crippen LogP) is 1.16. The van der Waals surface area contributed by atoms with Crippen molar-refractivity contribution < 1.29 is 13.5 Å². The third-order valence-electron chi connectivity index (χ3n) is 3.89. The molecule has 1 fully saturated rings. The second-order valence-corrected chi connectivity index (χ2v) is 8.84. The summed E-state index contributed by atoms with van der Waals surface area (Å²) in [5, 5.41) is 20.6. The van der Waals surface area contributed by atoms with E-state index in [1.54, 1.807) is 6.92 Å². The standard InChI is InChI=1S/C15H26N4O3S2.HI/c1-3-16-14(17-6-8-19-7-4-10-24(19,21)22)18-12-15(2,20)13-5-9-23-11-13;/h5,9,11,20H,3-4,6-8,10,12H2,1-2H3,(H2,16,17,18);1H. The van der Waals surface area contributed by atoms with E-state index in [2.05, 4.69) is 15.6 Å². The van der Waals surface area contributed by atoms with E-state index in [-0.39, 0.29) is 36.3 Å². The number of sulfonamides is 1. The number of aliphatic imine (C=N–C) groups is 1. The second kappa shape index (κ2) is 10.0. The number of rotatable bonds is 7. The van der Waals surface area contributed by atoms with Gasteiger partial charge in [-0.1, -0.05) is 0 Å². The van der Waals surface area contributed by atoms with Gasteiger partial charge in [-0.2, -0.15) is 11.3 Å². The van der Waals surface area contributed by atoms with E-state index in [0.29, 0.717) is 38.6 Å². The molecule has 1 aliphatic heterocycles. The molecule has 1 unspecified atom stereocenters. The maximum absolute atomic E-state index is 11.8. The third-order valence-corrected chi connectivity index (χ3v) is 6.53. The molecular weight excluding hydrogens is 475 g/mol. The molecule has 0 radical (unpaired) electrons. The summed E-state index contributed by atoms with van der Waals surface area (Å²) < 4.78 is 25.0. The topological polar surface area (TPSA) is 94.0 Å². The van der Waals surface area contributed by atoms with Gasteiger partial charge in [0, 0.05) is 26.2 Å². The summed E-state index contributed by atoms with van der Waals surface area (Å²) in [5.41, 5.74) is -0.184. The number of hydrogen-bond donors (Lipinski definition) is 3. The molecule has 1 aromatic heterocycles. The molecular formula is C15H27IN4O3S2. The molecule has 1 atom stereocenters. The number of halogens is 1. The van der Waals surface area contributed by atoms with Gasteiger partial charge >= 0.3 is 0 Å². The van der Waals surface area contributed by atoms with Gasteiger partial charge in [-0.05, 0) is 42.7 Å². The van der Waals surface area contributed by atoms with Crippen molar-refractivity contribution in [2.45, 2.75) is 25.9 Å². The van der Waals surface area contributed by atoms with Crippen LogP contribution in [0.4, 0.5) is 0 Å².